The van der Waals surface area contributed by atoms with E-state index < -0.39 is 0 Å². The van der Waals surface area contributed by atoms with Gasteiger partial charge >= 0.3 is 0 Å². The average molecular weight is 278 g/mol. The molecule has 0 aromatic rings. The van der Waals surface area contributed by atoms with E-state index in [1.54, 1.807) is 0 Å². The molecule has 0 aromatic carbocycles. The minimum atomic E-state index is -0.352. The fourth-order valence-electron chi connectivity index (χ4n) is 2.93. The van der Waals surface area contributed by atoms with Crippen molar-refractivity contribution in [1.29, 1.82) is 0 Å². The molecule has 0 amide bonds. The fourth-order valence-corrected chi connectivity index (χ4v) is 2.93. The molecule has 1 fully saturated rings. The number of aliphatic hydroxyl groups is 1. The molecule has 0 unspecified atom stereocenters. The quantitative estimate of drug-likeness (QED) is 0.526. The van der Waals surface area contributed by atoms with E-state index in [1.165, 1.54) is 25.7 Å². The second kappa shape index (κ2) is 9.93. The van der Waals surface area contributed by atoms with Gasteiger partial charge in [0.15, 0.2) is 0 Å². The summed E-state index contributed by atoms with van der Waals surface area (Å²) in [5, 5.41) is 10.2. The van der Waals surface area contributed by atoms with E-state index >= 15 is 0 Å². The van der Waals surface area contributed by atoms with Crippen molar-refractivity contribution in [3.8, 4) is 0 Å². The summed E-state index contributed by atoms with van der Waals surface area (Å²) >= 11 is 0. The predicted molar refractivity (Wildman–Crippen MR) is 84.6 cm³/mol. The number of rotatable bonds is 8. The lowest BCUT2D eigenvalue weighted by Gasteiger charge is -2.32. The molecule has 114 valence electrons. The predicted octanol–water partition coefficient (Wildman–Crippen LogP) is 4.44. The lowest BCUT2D eigenvalue weighted by atomic mass is 9.74. The van der Waals surface area contributed by atoms with Crippen LogP contribution < -0.4 is 0 Å². The zero-order chi connectivity index (χ0) is 14.8. The minimum absolute atomic E-state index is 0.0126. The molecule has 0 spiro atoms. The van der Waals surface area contributed by atoms with Gasteiger partial charge in [-0.15, -0.1) is 0 Å². The molecular weight excluding hydrogens is 248 g/mol. The second-order valence-corrected chi connectivity index (χ2v) is 5.84. The summed E-state index contributed by atoms with van der Waals surface area (Å²) in [7, 11) is 0. The molecule has 0 aliphatic heterocycles. The normalized spacial score (nSPS) is 27.8. The van der Waals surface area contributed by atoms with Crippen LogP contribution in [0.1, 0.15) is 65.2 Å². The molecule has 0 heterocycles. The van der Waals surface area contributed by atoms with Crippen molar-refractivity contribution >= 4 is 5.78 Å². The van der Waals surface area contributed by atoms with Gasteiger partial charge < -0.3 is 5.11 Å². The SMILES string of the molecule is C/C=C\C[C@H]1C(=O)CC[C@@H](O)[C@@H]1/C=C/CCCCCC. The lowest BCUT2D eigenvalue weighted by molar-refractivity contribution is -0.129. The highest BCUT2D eigenvalue weighted by molar-refractivity contribution is 5.82. The van der Waals surface area contributed by atoms with Crippen molar-refractivity contribution in [2.24, 2.45) is 11.8 Å². The van der Waals surface area contributed by atoms with Gasteiger partial charge in [-0.2, -0.15) is 0 Å². The summed E-state index contributed by atoms with van der Waals surface area (Å²) in [6, 6.07) is 0. The Morgan fingerprint density at radius 3 is 2.75 bits per heavy atom. The highest BCUT2D eigenvalue weighted by Gasteiger charge is 2.35. The van der Waals surface area contributed by atoms with E-state index in [4.69, 9.17) is 0 Å². The minimum Gasteiger partial charge on any atom is -0.392 e. The van der Waals surface area contributed by atoms with Crippen LogP contribution in [0, 0.1) is 11.8 Å². The van der Waals surface area contributed by atoms with Gasteiger partial charge in [-0.05, 0) is 32.6 Å². The van der Waals surface area contributed by atoms with Gasteiger partial charge in [-0.25, -0.2) is 0 Å². The molecule has 0 saturated heterocycles. The van der Waals surface area contributed by atoms with Crippen molar-refractivity contribution in [2.45, 2.75) is 71.3 Å². The summed E-state index contributed by atoms with van der Waals surface area (Å²) in [6.45, 7) is 4.19. The van der Waals surface area contributed by atoms with Crippen LogP contribution in [0.15, 0.2) is 24.3 Å². The van der Waals surface area contributed by atoms with Gasteiger partial charge in [0.05, 0.1) is 6.10 Å². The first-order chi connectivity index (χ1) is 9.70. The number of Topliss-reactive ketones (excluding diaryl/α,β-unsaturated/α-hetero) is 1. The molecular formula is C18H30O2. The zero-order valence-electron chi connectivity index (χ0n) is 13.1. The number of allylic oxidation sites excluding steroid dienone is 3. The van der Waals surface area contributed by atoms with E-state index in [-0.39, 0.29) is 17.9 Å². The van der Waals surface area contributed by atoms with Crippen LogP contribution in [-0.2, 0) is 4.79 Å². The van der Waals surface area contributed by atoms with E-state index in [0.717, 1.165) is 12.8 Å². The Hall–Kier alpha value is -0.890. The van der Waals surface area contributed by atoms with Gasteiger partial charge in [-0.3, -0.25) is 4.79 Å². The van der Waals surface area contributed by atoms with Gasteiger partial charge in [0.25, 0.3) is 0 Å². The Morgan fingerprint density at radius 2 is 2.05 bits per heavy atom. The molecule has 3 atom stereocenters. The van der Waals surface area contributed by atoms with Crippen LogP contribution >= 0.6 is 0 Å². The maximum absolute atomic E-state index is 12.1. The van der Waals surface area contributed by atoms with Crippen LogP contribution in [0.3, 0.4) is 0 Å². The lowest BCUT2D eigenvalue weighted by Crippen LogP contribution is -2.37. The van der Waals surface area contributed by atoms with Crippen molar-refractivity contribution in [2.75, 3.05) is 0 Å². The smallest absolute Gasteiger partial charge is 0.137 e. The number of ketones is 1. The number of hydrogen-bond acceptors (Lipinski definition) is 2. The Balaban J connectivity index is 2.51. The van der Waals surface area contributed by atoms with E-state index in [2.05, 4.69) is 19.1 Å². The molecule has 0 aromatic heterocycles. The second-order valence-electron chi connectivity index (χ2n) is 5.84. The average Bonchev–Trinajstić information content (AvgIpc) is 2.45. The highest BCUT2D eigenvalue weighted by Crippen LogP contribution is 2.31. The zero-order valence-corrected chi connectivity index (χ0v) is 13.1. The fraction of sp³-hybridized carbons (Fsp3) is 0.722. The van der Waals surface area contributed by atoms with Crippen LogP contribution in [0.25, 0.3) is 0 Å². The van der Waals surface area contributed by atoms with Crippen molar-refractivity contribution in [3.05, 3.63) is 24.3 Å². The standard InChI is InChI=1S/C18H30O2/c1-3-5-7-8-9-10-12-16-15(11-6-4-2)17(19)13-14-18(16)20/h4,6,10,12,15-16,18,20H,3,5,7-9,11,13-14H2,1-2H3/b6-4-,12-10+/t15-,16-,18-/m1/s1. The molecule has 1 rings (SSSR count). The Morgan fingerprint density at radius 1 is 1.25 bits per heavy atom. The molecule has 0 radical (unpaired) electrons. The molecule has 1 saturated carbocycles. The van der Waals surface area contributed by atoms with Crippen LogP contribution in [0.4, 0.5) is 0 Å². The van der Waals surface area contributed by atoms with Gasteiger partial charge in [0, 0.05) is 18.3 Å². The van der Waals surface area contributed by atoms with Crippen molar-refractivity contribution in [1.82, 2.24) is 0 Å². The summed E-state index contributed by atoms with van der Waals surface area (Å²) in [5.41, 5.74) is 0. The number of hydrogen-bond donors (Lipinski definition) is 1. The number of unbranched alkanes of at least 4 members (excludes halogenated alkanes) is 4. The van der Waals surface area contributed by atoms with Crippen molar-refractivity contribution in [3.63, 3.8) is 0 Å². The first kappa shape index (κ1) is 17.2. The molecule has 1 N–H and O–H groups in total. The van der Waals surface area contributed by atoms with Crippen LogP contribution in [-0.4, -0.2) is 17.0 Å². The topological polar surface area (TPSA) is 37.3 Å². The van der Waals surface area contributed by atoms with Gasteiger partial charge in [-0.1, -0.05) is 50.5 Å². The monoisotopic (exact) mass is 278 g/mol. The Kier molecular flexibility index (Phi) is 8.52. The summed E-state index contributed by atoms with van der Waals surface area (Å²) in [4.78, 5) is 12.1. The number of carbonyl (C=O) groups is 1. The summed E-state index contributed by atoms with van der Waals surface area (Å²) in [6.07, 6.45) is 16.0. The maximum atomic E-state index is 12.1. The third-order valence-electron chi connectivity index (χ3n) is 4.22. The highest BCUT2D eigenvalue weighted by atomic mass is 16.3. The molecule has 1 aliphatic rings. The third-order valence-corrected chi connectivity index (χ3v) is 4.22. The third kappa shape index (κ3) is 5.62. The van der Waals surface area contributed by atoms with Gasteiger partial charge in [0.1, 0.15) is 5.78 Å². The molecule has 1 aliphatic carbocycles. The first-order valence-electron chi connectivity index (χ1n) is 8.19. The summed E-state index contributed by atoms with van der Waals surface area (Å²) in [5.74, 6) is 0.300. The number of aliphatic hydroxyl groups excluding tert-OH is 1. The summed E-state index contributed by atoms with van der Waals surface area (Å²) < 4.78 is 0. The molecule has 20 heavy (non-hydrogen) atoms. The molecule has 2 heteroatoms. The Labute approximate surface area is 124 Å². The van der Waals surface area contributed by atoms with Crippen LogP contribution in [0.2, 0.25) is 0 Å². The first-order valence-corrected chi connectivity index (χ1v) is 8.19. The van der Waals surface area contributed by atoms with E-state index in [0.29, 0.717) is 18.6 Å². The molecule has 0 bridgehead atoms. The maximum Gasteiger partial charge on any atom is 0.137 e. The van der Waals surface area contributed by atoms with E-state index in [9.17, 15) is 9.90 Å². The number of carbonyl (C=O) groups excluding carboxylic acids is 1. The molecule has 2 nitrogen and oxygen atoms in total. The Bertz CT molecular complexity index is 330. The largest absolute Gasteiger partial charge is 0.392 e. The van der Waals surface area contributed by atoms with E-state index in [1.807, 2.05) is 19.1 Å². The van der Waals surface area contributed by atoms with Gasteiger partial charge in [0.2, 0.25) is 0 Å². The van der Waals surface area contributed by atoms with Crippen molar-refractivity contribution < 1.29 is 9.90 Å². The van der Waals surface area contributed by atoms with Crippen LogP contribution in [0.5, 0.6) is 0 Å².